The van der Waals surface area contributed by atoms with Crippen LogP contribution in [-0.2, 0) is 6.42 Å². The van der Waals surface area contributed by atoms with Crippen LogP contribution in [0.5, 0.6) is 5.75 Å². The van der Waals surface area contributed by atoms with E-state index in [4.69, 9.17) is 20.8 Å². The highest BCUT2D eigenvalue weighted by atomic mass is 35.5. The average molecular weight is 417 g/mol. The second-order valence-corrected chi connectivity index (χ2v) is 6.73. The predicted molar refractivity (Wildman–Crippen MR) is 113 cm³/mol. The van der Waals surface area contributed by atoms with Crippen molar-refractivity contribution >= 4 is 17.6 Å². The maximum atomic E-state index is 5.98. The van der Waals surface area contributed by atoms with Crippen molar-refractivity contribution in [3.63, 3.8) is 0 Å². The van der Waals surface area contributed by atoms with E-state index in [9.17, 15) is 0 Å². The molecule has 0 aliphatic carbocycles. The Morgan fingerprint density at radius 2 is 2.24 bits per heavy atom. The van der Waals surface area contributed by atoms with Crippen LogP contribution in [0, 0.1) is 0 Å². The summed E-state index contributed by atoms with van der Waals surface area (Å²) in [7, 11) is 1.98. The van der Waals surface area contributed by atoms with Crippen LogP contribution in [0.3, 0.4) is 0 Å². The van der Waals surface area contributed by atoms with E-state index in [1.165, 1.54) is 0 Å². The lowest BCUT2D eigenvalue weighted by Crippen LogP contribution is -2.41. The minimum atomic E-state index is 0.524. The fourth-order valence-electron chi connectivity index (χ4n) is 2.62. The Morgan fingerprint density at radius 3 is 3.00 bits per heavy atom. The molecule has 0 fully saturated rings. The van der Waals surface area contributed by atoms with E-state index in [0.29, 0.717) is 42.7 Å². The van der Waals surface area contributed by atoms with Gasteiger partial charge in [-0.25, -0.2) is 4.98 Å². The topological polar surface area (TPSA) is 91.6 Å². The summed E-state index contributed by atoms with van der Waals surface area (Å²) < 4.78 is 11.1. The molecule has 29 heavy (non-hydrogen) atoms. The van der Waals surface area contributed by atoms with Crippen molar-refractivity contribution in [2.45, 2.75) is 13.3 Å². The van der Waals surface area contributed by atoms with E-state index in [0.717, 1.165) is 24.1 Å². The van der Waals surface area contributed by atoms with E-state index < -0.39 is 0 Å². The lowest BCUT2D eigenvalue weighted by molar-refractivity contribution is 0.281. The number of ether oxygens (including phenoxy) is 1. The molecule has 1 aromatic carbocycles. The zero-order valence-corrected chi connectivity index (χ0v) is 17.3. The zero-order valence-electron chi connectivity index (χ0n) is 16.6. The van der Waals surface area contributed by atoms with E-state index in [-0.39, 0.29) is 0 Å². The van der Waals surface area contributed by atoms with Gasteiger partial charge in [0, 0.05) is 31.6 Å². The maximum Gasteiger partial charge on any atom is 0.216 e. The van der Waals surface area contributed by atoms with Crippen LogP contribution in [0.2, 0.25) is 5.02 Å². The van der Waals surface area contributed by atoms with Crippen LogP contribution < -0.4 is 10.1 Å². The number of hydrogen-bond acceptors (Lipinski definition) is 5. The molecular weight excluding hydrogens is 392 g/mol. The smallest absolute Gasteiger partial charge is 0.216 e. The third kappa shape index (κ3) is 6.25. The molecule has 0 spiro atoms. The quantitative estimate of drug-likeness (QED) is 0.411. The van der Waals surface area contributed by atoms with Crippen molar-refractivity contribution in [3.8, 4) is 17.3 Å². The van der Waals surface area contributed by atoms with E-state index >= 15 is 0 Å². The third-order valence-electron chi connectivity index (χ3n) is 4.07. The fraction of sp³-hybridized carbons (Fsp3) is 0.350. The predicted octanol–water partition coefficient (Wildman–Crippen LogP) is 3.24. The summed E-state index contributed by atoms with van der Waals surface area (Å²) in [5, 5.41) is 11.1. The van der Waals surface area contributed by atoms with Gasteiger partial charge in [-0.15, -0.1) is 0 Å². The Balaban J connectivity index is 1.49. The van der Waals surface area contributed by atoms with Gasteiger partial charge in [-0.2, -0.15) is 5.10 Å². The second-order valence-electron chi connectivity index (χ2n) is 6.30. The molecule has 9 heteroatoms. The number of halogens is 1. The normalized spacial score (nSPS) is 11.5. The lowest BCUT2D eigenvalue weighted by Gasteiger charge is -2.22. The summed E-state index contributed by atoms with van der Waals surface area (Å²) in [5.41, 5.74) is 0. The first-order valence-electron chi connectivity index (χ1n) is 9.48. The van der Waals surface area contributed by atoms with Gasteiger partial charge in [0.2, 0.25) is 5.82 Å². The fourth-order valence-corrected chi connectivity index (χ4v) is 2.80. The maximum absolute atomic E-state index is 5.98. The number of nitrogens with zero attached hydrogens (tertiary/aromatic N) is 4. The second kappa shape index (κ2) is 10.5. The number of nitrogens with one attached hydrogen (secondary N) is 2. The molecule has 2 aromatic heterocycles. The van der Waals surface area contributed by atoms with E-state index in [2.05, 4.69) is 25.5 Å². The Kier molecular flexibility index (Phi) is 7.52. The number of rotatable bonds is 9. The summed E-state index contributed by atoms with van der Waals surface area (Å²) in [5.74, 6) is 3.53. The van der Waals surface area contributed by atoms with Gasteiger partial charge in [0.05, 0.1) is 12.8 Å². The molecule has 3 aromatic rings. The van der Waals surface area contributed by atoms with Gasteiger partial charge >= 0.3 is 0 Å². The first-order valence-corrected chi connectivity index (χ1v) is 9.86. The summed E-state index contributed by atoms with van der Waals surface area (Å²) in [4.78, 5) is 11.1. The van der Waals surface area contributed by atoms with Crippen LogP contribution in [-0.4, -0.2) is 59.3 Å². The lowest BCUT2D eigenvalue weighted by atomic mass is 10.3. The van der Waals surface area contributed by atoms with Gasteiger partial charge in [0.25, 0.3) is 0 Å². The molecule has 0 radical (unpaired) electrons. The summed E-state index contributed by atoms with van der Waals surface area (Å²) >= 11 is 5.98. The molecule has 0 amide bonds. The number of benzene rings is 1. The molecule has 0 unspecified atom stereocenters. The van der Waals surface area contributed by atoms with Crippen LogP contribution in [0.4, 0.5) is 0 Å². The monoisotopic (exact) mass is 416 g/mol. The highest BCUT2D eigenvalue weighted by molar-refractivity contribution is 6.30. The molecule has 0 saturated carbocycles. The molecule has 0 aliphatic rings. The number of likely N-dealkylation sites (N-methyl/N-ethyl adjacent to an activating group) is 1. The summed E-state index contributed by atoms with van der Waals surface area (Å²) in [6.07, 6.45) is 2.25. The number of furan rings is 1. The van der Waals surface area contributed by atoms with Gasteiger partial charge in [0.15, 0.2) is 11.7 Å². The number of aliphatic imine (C=N–C) groups is 1. The highest BCUT2D eigenvalue weighted by Crippen LogP contribution is 2.17. The molecule has 0 saturated heterocycles. The Labute approximate surface area is 174 Å². The SMILES string of the molecule is CCNC(=NCCc1nc(-c2ccco2)n[nH]1)N(C)CCOc1cccc(Cl)c1. The molecule has 2 N–H and O–H groups in total. The van der Waals surface area contributed by atoms with Crippen molar-refractivity contribution in [1.82, 2.24) is 25.4 Å². The minimum absolute atomic E-state index is 0.524. The Hall–Kier alpha value is -3.00. The van der Waals surface area contributed by atoms with Gasteiger partial charge in [-0.1, -0.05) is 17.7 Å². The van der Waals surface area contributed by atoms with Gasteiger partial charge in [0.1, 0.15) is 18.2 Å². The number of aromatic amines is 1. The van der Waals surface area contributed by atoms with Crippen LogP contribution in [0.15, 0.2) is 52.1 Å². The number of guanidine groups is 1. The summed E-state index contributed by atoms with van der Waals surface area (Å²) in [6.45, 7) is 4.61. The molecule has 0 bridgehead atoms. The number of H-pyrrole nitrogens is 1. The van der Waals surface area contributed by atoms with Crippen LogP contribution in [0.25, 0.3) is 11.6 Å². The standard InChI is InChI=1S/C20H25ClN6O2/c1-3-22-20(27(2)11-13-28-16-7-4-6-15(21)14-16)23-10-9-18-24-19(26-25-18)17-8-5-12-29-17/h4-8,12,14H,3,9-11,13H2,1-2H3,(H,22,23)(H,24,25,26). The van der Waals surface area contributed by atoms with Crippen molar-refractivity contribution in [3.05, 3.63) is 53.5 Å². The molecule has 154 valence electrons. The largest absolute Gasteiger partial charge is 0.492 e. The third-order valence-corrected chi connectivity index (χ3v) is 4.31. The molecule has 3 rings (SSSR count). The Morgan fingerprint density at radius 1 is 1.34 bits per heavy atom. The molecule has 0 atom stereocenters. The van der Waals surface area contributed by atoms with Crippen molar-refractivity contribution in [2.24, 2.45) is 4.99 Å². The number of aromatic nitrogens is 3. The highest BCUT2D eigenvalue weighted by Gasteiger charge is 2.09. The van der Waals surface area contributed by atoms with Crippen molar-refractivity contribution in [1.29, 1.82) is 0 Å². The minimum Gasteiger partial charge on any atom is -0.492 e. The molecule has 2 heterocycles. The van der Waals surface area contributed by atoms with Crippen LogP contribution in [0.1, 0.15) is 12.7 Å². The van der Waals surface area contributed by atoms with E-state index in [1.807, 2.05) is 49.2 Å². The van der Waals surface area contributed by atoms with Gasteiger partial charge in [-0.05, 0) is 37.3 Å². The van der Waals surface area contributed by atoms with Crippen molar-refractivity contribution < 1.29 is 9.15 Å². The molecule has 8 nitrogen and oxygen atoms in total. The summed E-state index contributed by atoms with van der Waals surface area (Å²) in [6, 6.07) is 11.0. The number of hydrogen-bond donors (Lipinski definition) is 2. The van der Waals surface area contributed by atoms with Crippen molar-refractivity contribution in [2.75, 3.05) is 33.3 Å². The average Bonchev–Trinajstić information content (AvgIpc) is 3.39. The van der Waals surface area contributed by atoms with E-state index in [1.54, 1.807) is 12.3 Å². The van der Waals surface area contributed by atoms with Crippen LogP contribution >= 0.6 is 11.6 Å². The molecular formula is C20H25ClN6O2. The van der Waals surface area contributed by atoms with Gasteiger partial charge < -0.3 is 19.4 Å². The zero-order chi connectivity index (χ0) is 20.5. The first kappa shape index (κ1) is 20.7. The molecule has 0 aliphatic heterocycles. The first-order chi connectivity index (χ1) is 14.2. The van der Waals surface area contributed by atoms with Gasteiger partial charge in [-0.3, -0.25) is 10.1 Å². The Bertz CT molecular complexity index is 909.